The Morgan fingerprint density at radius 2 is 1.88 bits per heavy atom. The lowest BCUT2D eigenvalue weighted by atomic mass is 9.78. The fourth-order valence-electron chi connectivity index (χ4n) is 2.26. The van der Waals surface area contributed by atoms with E-state index in [1.165, 1.54) is 0 Å². The van der Waals surface area contributed by atoms with E-state index in [1.807, 2.05) is 0 Å². The number of carboxylic acid groups (broad SMARTS) is 1. The minimum atomic E-state index is -0.824. The van der Waals surface area contributed by atoms with E-state index >= 15 is 0 Å². The molecule has 0 bridgehead atoms. The number of aliphatic carboxylic acids is 1. The van der Waals surface area contributed by atoms with Crippen molar-refractivity contribution < 1.29 is 14.7 Å². The van der Waals surface area contributed by atoms with Gasteiger partial charge < -0.3 is 10.4 Å². The van der Waals surface area contributed by atoms with Crippen molar-refractivity contribution in [2.75, 3.05) is 6.54 Å². The molecule has 1 saturated carbocycles. The monoisotopic (exact) mass is 227 g/mol. The minimum Gasteiger partial charge on any atom is -0.481 e. The summed E-state index contributed by atoms with van der Waals surface area (Å²) in [5, 5.41) is 11.9. The lowest BCUT2D eigenvalue weighted by Gasteiger charge is -2.27. The molecule has 1 fully saturated rings. The SMILES string of the molecule is CCCCNC(=O)[C@H]1CCCC[C@H]1C(=O)O. The molecule has 2 N–H and O–H groups in total. The lowest BCUT2D eigenvalue weighted by molar-refractivity contribution is -0.148. The van der Waals surface area contributed by atoms with Gasteiger partial charge in [0.2, 0.25) is 5.91 Å². The van der Waals surface area contributed by atoms with Crippen molar-refractivity contribution in [3.05, 3.63) is 0 Å². The fraction of sp³-hybridized carbons (Fsp3) is 0.833. The number of hydrogen-bond acceptors (Lipinski definition) is 2. The van der Waals surface area contributed by atoms with Gasteiger partial charge in [0, 0.05) is 6.54 Å². The third-order valence-corrected chi connectivity index (χ3v) is 3.25. The molecule has 0 saturated heterocycles. The van der Waals surface area contributed by atoms with E-state index in [9.17, 15) is 9.59 Å². The van der Waals surface area contributed by atoms with Crippen LogP contribution in [0.25, 0.3) is 0 Å². The summed E-state index contributed by atoms with van der Waals surface area (Å²) < 4.78 is 0. The average Bonchev–Trinajstić information content (AvgIpc) is 2.29. The number of rotatable bonds is 5. The number of carbonyl (C=O) groups excluding carboxylic acids is 1. The second-order valence-corrected chi connectivity index (χ2v) is 4.48. The van der Waals surface area contributed by atoms with Gasteiger partial charge in [-0.2, -0.15) is 0 Å². The number of nitrogens with one attached hydrogen (secondary N) is 1. The van der Waals surface area contributed by atoms with Crippen LogP contribution in [-0.2, 0) is 9.59 Å². The van der Waals surface area contributed by atoms with Crippen LogP contribution in [0.1, 0.15) is 45.4 Å². The molecule has 4 heteroatoms. The fourth-order valence-corrected chi connectivity index (χ4v) is 2.26. The second-order valence-electron chi connectivity index (χ2n) is 4.48. The highest BCUT2D eigenvalue weighted by atomic mass is 16.4. The van der Waals surface area contributed by atoms with Crippen molar-refractivity contribution in [2.45, 2.75) is 45.4 Å². The summed E-state index contributed by atoms with van der Waals surface area (Å²) in [6, 6.07) is 0. The topological polar surface area (TPSA) is 66.4 Å². The largest absolute Gasteiger partial charge is 0.481 e. The number of carbonyl (C=O) groups is 2. The lowest BCUT2D eigenvalue weighted by Crippen LogP contribution is -2.40. The molecule has 1 aliphatic rings. The summed E-state index contributed by atoms with van der Waals surface area (Å²) in [7, 11) is 0. The molecule has 92 valence electrons. The molecule has 1 rings (SSSR count). The molecule has 0 unspecified atom stereocenters. The van der Waals surface area contributed by atoms with E-state index in [1.54, 1.807) is 0 Å². The smallest absolute Gasteiger partial charge is 0.307 e. The van der Waals surface area contributed by atoms with Gasteiger partial charge in [0.15, 0.2) is 0 Å². The van der Waals surface area contributed by atoms with Crippen LogP contribution < -0.4 is 5.32 Å². The molecule has 0 spiro atoms. The minimum absolute atomic E-state index is 0.0689. The molecule has 0 aliphatic heterocycles. The zero-order chi connectivity index (χ0) is 12.0. The van der Waals surface area contributed by atoms with Crippen molar-refractivity contribution in [3.63, 3.8) is 0 Å². The third-order valence-electron chi connectivity index (χ3n) is 3.25. The van der Waals surface area contributed by atoms with Gasteiger partial charge in [-0.1, -0.05) is 26.2 Å². The van der Waals surface area contributed by atoms with Crippen molar-refractivity contribution in [3.8, 4) is 0 Å². The molecule has 0 radical (unpaired) electrons. The highest BCUT2D eigenvalue weighted by Crippen LogP contribution is 2.30. The molecule has 0 heterocycles. The molecule has 16 heavy (non-hydrogen) atoms. The number of amides is 1. The molecule has 2 atom stereocenters. The first-order chi connectivity index (χ1) is 7.66. The van der Waals surface area contributed by atoms with Crippen LogP contribution in [0.15, 0.2) is 0 Å². The highest BCUT2D eigenvalue weighted by Gasteiger charge is 2.35. The summed E-state index contributed by atoms with van der Waals surface area (Å²) in [4.78, 5) is 22.8. The van der Waals surface area contributed by atoms with Gasteiger partial charge in [-0.25, -0.2) is 0 Å². The maximum atomic E-state index is 11.8. The summed E-state index contributed by atoms with van der Waals surface area (Å²) in [5.41, 5.74) is 0. The normalized spacial score (nSPS) is 25.1. The van der Waals surface area contributed by atoms with E-state index in [-0.39, 0.29) is 11.8 Å². The van der Waals surface area contributed by atoms with E-state index in [0.29, 0.717) is 13.0 Å². The highest BCUT2D eigenvalue weighted by molar-refractivity contribution is 5.84. The number of unbranched alkanes of at least 4 members (excludes halogenated alkanes) is 1. The van der Waals surface area contributed by atoms with Crippen molar-refractivity contribution in [2.24, 2.45) is 11.8 Å². The van der Waals surface area contributed by atoms with Gasteiger partial charge in [-0.05, 0) is 19.3 Å². The van der Waals surface area contributed by atoms with Crippen LogP contribution in [0.3, 0.4) is 0 Å². The first-order valence-electron chi connectivity index (χ1n) is 6.17. The summed E-state index contributed by atoms with van der Waals surface area (Å²) >= 11 is 0. The second kappa shape index (κ2) is 6.51. The summed E-state index contributed by atoms with van der Waals surface area (Å²) in [6.45, 7) is 2.73. The van der Waals surface area contributed by atoms with E-state index < -0.39 is 11.9 Å². The van der Waals surface area contributed by atoms with Crippen LogP contribution in [0.4, 0.5) is 0 Å². The van der Waals surface area contributed by atoms with Crippen LogP contribution in [0.5, 0.6) is 0 Å². The van der Waals surface area contributed by atoms with Crippen molar-refractivity contribution in [1.82, 2.24) is 5.32 Å². The standard InChI is InChI=1S/C12H21NO3/c1-2-3-8-13-11(14)9-6-4-5-7-10(9)12(15)16/h9-10H,2-8H2,1H3,(H,13,14)(H,15,16)/t9-,10+/m0/s1. The van der Waals surface area contributed by atoms with Gasteiger partial charge in [-0.3, -0.25) is 9.59 Å². The zero-order valence-corrected chi connectivity index (χ0v) is 9.87. The predicted octanol–water partition coefficient (Wildman–Crippen LogP) is 1.79. The predicted molar refractivity (Wildman–Crippen MR) is 61.0 cm³/mol. The Bertz CT molecular complexity index is 253. The van der Waals surface area contributed by atoms with Crippen LogP contribution >= 0.6 is 0 Å². The maximum Gasteiger partial charge on any atom is 0.307 e. The van der Waals surface area contributed by atoms with Crippen molar-refractivity contribution >= 4 is 11.9 Å². The first-order valence-corrected chi connectivity index (χ1v) is 6.17. The summed E-state index contributed by atoms with van der Waals surface area (Å²) in [6.07, 6.45) is 5.24. The maximum absolute atomic E-state index is 11.8. The van der Waals surface area contributed by atoms with Gasteiger partial charge in [0.25, 0.3) is 0 Å². The Hall–Kier alpha value is -1.06. The molecule has 0 aromatic carbocycles. The van der Waals surface area contributed by atoms with Crippen molar-refractivity contribution in [1.29, 1.82) is 0 Å². The molecule has 1 aliphatic carbocycles. The Labute approximate surface area is 96.4 Å². The van der Waals surface area contributed by atoms with E-state index in [2.05, 4.69) is 12.2 Å². The van der Waals surface area contributed by atoms with E-state index in [0.717, 1.165) is 32.1 Å². The summed E-state index contributed by atoms with van der Waals surface area (Å²) in [5.74, 6) is -1.69. The van der Waals surface area contributed by atoms with Crippen LogP contribution in [-0.4, -0.2) is 23.5 Å². The number of carboxylic acids is 1. The van der Waals surface area contributed by atoms with Crippen LogP contribution in [0, 0.1) is 11.8 Å². The molecular formula is C12H21NO3. The van der Waals surface area contributed by atoms with E-state index in [4.69, 9.17) is 5.11 Å². The molecule has 0 aromatic rings. The number of hydrogen-bond donors (Lipinski definition) is 2. The quantitative estimate of drug-likeness (QED) is 0.704. The Kier molecular flexibility index (Phi) is 5.29. The van der Waals surface area contributed by atoms with Crippen LogP contribution in [0.2, 0.25) is 0 Å². The molecular weight excluding hydrogens is 206 g/mol. The molecule has 0 aromatic heterocycles. The molecule has 4 nitrogen and oxygen atoms in total. The van der Waals surface area contributed by atoms with Gasteiger partial charge >= 0.3 is 5.97 Å². The average molecular weight is 227 g/mol. The Balaban J connectivity index is 2.47. The first kappa shape index (κ1) is 13.0. The third kappa shape index (κ3) is 3.51. The van der Waals surface area contributed by atoms with Gasteiger partial charge in [-0.15, -0.1) is 0 Å². The van der Waals surface area contributed by atoms with Gasteiger partial charge in [0.1, 0.15) is 0 Å². The van der Waals surface area contributed by atoms with Gasteiger partial charge in [0.05, 0.1) is 11.8 Å². The Morgan fingerprint density at radius 3 is 2.44 bits per heavy atom. The zero-order valence-electron chi connectivity index (χ0n) is 9.87. The molecule has 1 amide bonds. The Morgan fingerprint density at radius 1 is 1.25 bits per heavy atom.